The molecule has 16 heteroatoms. The lowest BCUT2D eigenvalue weighted by Gasteiger charge is -2.68. The van der Waals surface area contributed by atoms with E-state index >= 15 is 4.79 Å². The van der Waals surface area contributed by atoms with Crippen LogP contribution in [0.2, 0.25) is 0 Å². The first kappa shape index (κ1) is 47.8. The third-order valence-electron chi connectivity index (χ3n) is 13.5. The van der Waals surface area contributed by atoms with Gasteiger partial charge in [0.25, 0.3) is 0 Å². The van der Waals surface area contributed by atoms with Crippen molar-refractivity contribution in [2.24, 2.45) is 22.7 Å². The van der Waals surface area contributed by atoms with Gasteiger partial charge in [0.15, 0.2) is 11.4 Å². The van der Waals surface area contributed by atoms with Crippen LogP contribution in [0.15, 0.2) is 71.8 Å². The van der Waals surface area contributed by atoms with Crippen molar-refractivity contribution < 1.29 is 72.5 Å². The summed E-state index contributed by atoms with van der Waals surface area (Å²) in [5.41, 5.74) is -7.03. The molecule has 4 N–H and O–H groups in total. The fraction of sp³-hybridized carbons (Fsp3) is 0.596. The van der Waals surface area contributed by atoms with Gasteiger partial charge in [-0.3, -0.25) is 14.4 Å². The third-order valence-corrected chi connectivity index (χ3v) is 13.5. The van der Waals surface area contributed by atoms with Crippen molar-refractivity contribution in [2.75, 3.05) is 26.6 Å². The molecule has 1 heterocycles. The maximum Gasteiger partial charge on any atom is 0.408 e. The lowest BCUT2D eigenvalue weighted by atomic mass is 9.44. The van der Waals surface area contributed by atoms with Gasteiger partial charge >= 0.3 is 24.0 Å². The van der Waals surface area contributed by atoms with E-state index in [-0.39, 0.29) is 30.8 Å². The fourth-order valence-corrected chi connectivity index (χ4v) is 10.4. The Hall–Kier alpha value is -4.71. The minimum atomic E-state index is -2.27. The lowest BCUT2D eigenvalue weighted by molar-refractivity contribution is -0.349. The van der Waals surface area contributed by atoms with Crippen LogP contribution in [0.1, 0.15) is 97.1 Å². The van der Waals surface area contributed by atoms with Gasteiger partial charge in [-0.1, -0.05) is 62.4 Å². The molecule has 2 aromatic rings. The molecule has 2 unspecified atom stereocenters. The largest absolute Gasteiger partial charge is 0.457 e. The molecule has 1 saturated heterocycles. The molecule has 4 aliphatic rings. The maximum absolute atomic E-state index is 15.8. The van der Waals surface area contributed by atoms with E-state index in [9.17, 15) is 34.5 Å². The molecule has 16 nitrogen and oxygen atoms in total. The summed E-state index contributed by atoms with van der Waals surface area (Å²) < 4.78 is 42.9. The highest BCUT2D eigenvalue weighted by Crippen LogP contribution is 2.65. The van der Waals surface area contributed by atoms with Crippen LogP contribution in [0.4, 0.5) is 4.79 Å². The van der Waals surface area contributed by atoms with E-state index in [0.29, 0.717) is 11.1 Å². The number of ketones is 1. The summed E-state index contributed by atoms with van der Waals surface area (Å²) in [6, 6.07) is 15.9. The van der Waals surface area contributed by atoms with Gasteiger partial charge < -0.3 is 53.8 Å². The van der Waals surface area contributed by atoms with Crippen LogP contribution in [0.25, 0.3) is 0 Å². The molecule has 1 amide bonds. The zero-order valence-corrected chi connectivity index (χ0v) is 37.4. The smallest absolute Gasteiger partial charge is 0.408 e. The number of nitrogens with one attached hydrogen (secondary N) is 1. The summed E-state index contributed by atoms with van der Waals surface area (Å²) in [5, 5.41) is 37.0. The van der Waals surface area contributed by atoms with E-state index in [0.717, 1.165) is 0 Å². The molecule has 3 aliphatic carbocycles. The van der Waals surface area contributed by atoms with Gasteiger partial charge in [0, 0.05) is 25.2 Å². The molecule has 344 valence electrons. The Morgan fingerprint density at radius 2 is 1.59 bits per heavy atom. The standard InChI is InChI=1S/C47H61NO15/c1-26-31(60-40(53)27(2)35(29-16-12-10-13-17-29)48-42(55)63-43(4,5)6)23-47(56)39(61-41(54)30-18-14-11-15-19-30)37-45(9,38(52)36(59-25-50)34(26)44(47,7)8)32(57-21-20-49)22-33-46(37,24-58-33)62-28(3)51/h10-19,27,31-33,35-37,39,49-50,56H,20-25H2,1-9H3,(H,48,55)/t27?,31-,32-,33+,35+,36+,37?,39-,45+,46-,47+/m0/s1. The molecule has 11 atom stereocenters. The second-order valence-electron chi connectivity index (χ2n) is 18.8. The molecule has 0 radical (unpaired) electrons. The van der Waals surface area contributed by atoms with Gasteiger partial charge in [-0.2, -0.15) is 0 Å². The quantitative estimate of drug-likeness (QED) is 0.0940. The number of rotatable bonds is 13. The second-order valence-corrected chi connectivity index (χ2v) is 18.8. The van der Waals surface area contributed by atoms with Crippen molar-refractivity contribution in [3.05, 3.63) is 82.9 Å². The zero-order chi connectivity index (χ0) is 46.3. The summed E-state index contributed by atoms with van der Waals surface area (Å²) in [6.07, 6.45) is -7.84. The molecule has 2 saturated carbocycles. The van der Waals surface area contributed by atoms with Crippen molar-refractivity contribution >= 4 is 29.8 Å². The van der Waals surface area contributed by atoms with E-state index in [1.165, 1.54) is 19.1 Å². The first-order valence-corrected chi connectivity index (χ1v) is 21.3. The fourth-order valence-electron chi connectivity index (χ4n) is 10.4. The topological polar surface area (TPSA) is 223 Å². The highest BCUT2D eigenvalue weighted by molar-refractivity contribution is 5.94. The highest BCUT2D eigenvalue weighted by atomic mass is 16.6. The number of aliphatic hydroxyl groups excluding tert-OH is 2. The molecule has 2 aromatic carbocycles. The van der Waals surface area contributed by atoms with E-state index in [1.807, 2.05) is 0 Å². The predicted molar refractivity (Wildman–Crippen MR) is 224 cm³/mol. The Bertz CT molecular complexity index is 2070. The number of benzene rings is 2. The highest BCUT2D eigenvalue weighted by Gasteiger charge is 2.78. The molecule has 1 aliphatic heterocycles. The number of hydrogen-bond acceptors (Lipinski definition) is 15. The number of hydrogen-bond donors (Lipinski definition) is 4. The molecule has 2 bridgehead atoms. The van der Waals surface area contributed by atoms with Crippen LogP contribution in [0.5, 0.6) is 0 Å². The molecule has 0 spiro atoms. The Balaban J connectivity index is 1.55. The zero-order valence-electron chi connectivity index (χ0n) is 37.4. The minimum Gasteiger partial charge on any atom is -0.457 e. The van der Waals surface area contributed by atoms with Crippen molar-refractivity contribution in [3.8, 4) is 0 Å². The summed E-state index contributed by atoms with van der Waals surface area (Å²) in [6.45, 7) is 12.6. The van der Waals surface area contributed by atoms with Gasteiger partial charge in [0.2, 0.25) is 0 Å². The monoisotopic (exact) mass is 879 g/mol. The second kappa shape index (κ2) is 18.0. The number of alkyl carbamates (subject to hydrolysis) is 1. The molecular formula is C47H61NO15. The van der Waals surface area contributed by atoms with E-state index in [4.69, 9.17) is 33.2 Å². The van der Waals surface area contributed by atoms with Crippen molar-refractivity contribution in [2.45, 2.75) is 129 Å². The molecule has 6 rings (SSSR count). The van der Waals surface area contributed by atoms with E-state index < -0.39 is 126 Å². The first-order chi connectivity index (χ1) is 29.6. The van der Waals surface area contributed by atoms with Gasteiger partial charge in [0.1, 0.15) is 42.4 Å². The number of carbonyl (C=O) groups excluding carboxylic acids is 5. The van der Waals surface area contributed by atoms with Gasteiger partial charge in [-0.15, -0.1) is 0 Å². The van der Waals surface area contributed by atoms with Crippen molar-refractivity contribution in [1.82, 2.24) is 5.32 Å². The summed E-state index contributed by atoms with van der Waals surface area (Å²) in [4.78, 5) is 71.0. The number of aliphatic hydroxyl groups is 3. The summed E-state index contributed by atoms with van der Waals surface area (Å²) in [5.74, 6) is -5.55. The van der Waals surface area contributed by atoms with Gasteiger partial charge in [0.05, 0.1) is 54.8 Å². The Labute approximate surface area is 367 Å². The lowest BCUT2D eigenvalue weighted by Crippen LogP contribution is -2.82. The average molecular weight is 880 g/mol. The number of Topliss-reactive ketones (excluding diaryl/α,β-unsaturated/α-hetero) is 1. The normalized spacial score (nSPS) is 32.0. The SMILES string of the molecule is CC(=O)O[C@@]12CO[C@@H]1C[C@H](OCCO)[C@@]1(C)C(=O)[C@H](OCO)C3=C(C)[C@@H](OC(=O)C(C)[C@@H](NC(=O)OC(C)(C)C)c4ccccc4)C[C@@](O)([C@@H](OC(=O)c4ccccc4)C12)C3(C)C. The number of amides is 1. The number of esters is 3. The first-order valence-electron chi connectivity index (χ1n) is 21.3. The van der Waals surface area contributed by atoms with Crippen LogP contribution in [0.3, 0.4) is 0 Å². The van der Waals surface area contributed by atoms with E-state index in [1.54, 1.807) is 104 Å². The molecule has 0 aromatic heterocycles. The van der Waals surface area contributed by atoms with Crippen LogP contribution in [0, 0.1) is 22.7 Å². The summed E-state index contributed by atoms with van der Waals surface area (Å²) in [7, 11) is 0. The molecule has 63 heavy (non-hydrogen) atoms. The molecular weight excluding hydrogens is 819 g/mol. The molecule has 3 fully saturated rings. The summed E-state index contributed by atoms with van der Waals surface area (Å²) >= 11 is 0. The van der Waals surface area contributed by atoms with Crippen LogP contribution in [-0.4, -0.2) is 119 Å². The van der Waals surface area contributed by atoms with Crippen molar-refractivity contribution in [1.29, 1.82) is 0 Å². The number of fused-ring (bicyclic) bond motifs is 5. The van der Waals surface area contributed by atoms with Gasteiger partial charge in [-0.25, -0.2) is 9.59 Å². The minimum absolute atomic E-state index is 0.00486. The Kier molecular flexibility index (Phi) is 13.7. The van der Waals surface area contributed by atoms with Crippen LogP contribution in [-0.2, 0) is 47.5 Å². The average Bonchev–Trinajstić information content (AvgIpc) is 3.21. The Morgan fingerprint density at radius 1 is 0.952 bits per heavy atom. The van der Waals surface area contributed by atoms with E-state index in [2.05, 4.69) is 5.32 Å². The third kappa shape index (κ3) is 8.65. The van der Waals surface area contributed by atoms with Gasteiger partial charge in [-0.05, 0) is 70.4 Å². The number of carbonyl (C=O) groups is 5. The van der Waals surface area contributed by atoms with Crippen molar-refractivity contribution in [3.63, 3.8) is 0 Å². The van der Waals surface area contributed by atoms with Crippen LogP contribution < -0.4 is 5.32 Å². The number of ether oxygens (including phenoxy) is 7. The predicted octanol–water partition coefficient (Wildman–Crippen LogP) is 4.53. The maximum atomic E-state index is 15.8. The Morgan fingerprint density at radius 3 is 2.14 bits per heavy atom. The van der Waals surface area contributed by atoms with Crippen LogP contribution >= 0.6 is 0 Å².